The van der Waals surface area contributed by atoms with Crippen molar-refractivity contribution in [2.75, 3.05) is 14.2 Å². The van der Waals surface area contributed by atoms with Crippen molar-refractivity contribution in [2.45, 2.75) is 6.92 Å². The van der Waals surface area contributed by atoms with Gasteiger partial charge in [-0.05, 0) is 13.0 Å². The molecule has 0 saturated carbocycles. The van der Waals surface area contributed by atoms with Crippen LogP contribution in [0.25, 0.3) is 10.9 Å². The molecule has 8 nitrogen and oxygen atoms in total. The highest BCUT2D eigenvalue weighted by Gasteiger charge is 2.19. The number of benzene rings is 2. The Balaban J connectivity index is 2.06. The molecule has 0 atom stereocenters. The van der Waals surface area contributed by atoms with Crippen LogP contribution in [0.3, 0.4) is 0 Å². The number of carbonyl (C=O) groups excluding carboxylic acids is 2. The standard InChI is InChI=1S/C19H14F2N2O6/c1-9-22-14-7-16(27-3)15(26-2)6-11(14)19(23-9)28-10-4-12(20)18(13(21)5-10)29-17(25)8-24/h4-8H,1-3H3. The fourth-order valence-corrected chi connectivity index (χ4v) is 2.55. The van der Waals surface area contributed by atoms with Crippen LogP contribution in [-0.2, 0) is 9.59 Å². The number of ether oxygens (including phenoxy) is 4. The number of aromatic nitrogens is 2. The van der Waals surface area contributed by atoms with E-state index in [4.69, 9.17) is 14.2 Å². The molecular formula is C19H14F2N2O6. The first-order valence-corrected chi connectivity index (χ1v) is 8.10. The molecule has 0 fully saturated rings. The van der Waals surface area contributed by atoms with Gasteiger partial charge in [-0.25, -0.2) is 18.6 Å². The summed E-state index contributed by atoms with van der Waals surface area (Å²) in [5, 5.41) is 0.408. The summed E-state index contributed by atoms with van der Waals surface area (Å²) in [5.74, 6) is -3.98. The molecule has 150 valence electrons. The molecule has 0 amide bonds. The number of methoxy groups -OCH3 is 2. The van der Waals surface area contributed by atoms with E-state index in [9.17, 15) is 18.4 Å². The Labute approximate surface area is 163 Å². The Morgan fingerprint density at radius 2 is 1.62 bits per heavy atom. The average molecular weight is 404 g/mol. The molecule has 0 bridgehead atoms. The van der Waals surface area contributed by atoms with E-state index >= 15 is 0 Å². The van der Waals surface area contributed by atoms with Gasteiger partial charge in [-0.15, -0.1) is 0 Å². The second-order valence-electron chi connectivity index (χ2n) is 5.66. The summed E-state index contributed by atoms with van der Waals surface area (Å²) >= 11 is 0. The zero-order valence-corrected chi connectivity index (χ0v) is 15.5. The van der Waals surface area contributed by atoms with Crippen molar-refractivity contribution in [3.05, 3.63) is 41.7 Å². The van der Waals surface area contributed by atoms with E-state index in [1.165, 1.54) is 14.2 Å². The second-order valence-corrected chi connectivity index (χ2v) is 5.66. The normalized spacial score (nSPS) is 10.5. The summed E-state index contributed by atoms with van der Waals surface area (Å²) in [7, 11) is 2.92. The summed E-state index contributed by atoms with van der Waals surface area (Å²) in [4.78, 5) is 29.7. The van der Waals surface area contributed by atoms with Crippen molar-refractivity contribution >= 4 is 23.2 Å². The maximum atomic E-state index is 14.1. The van der Waals surface area contributed by atoms with Gasteiger partial charge in [-0.1, -0.05) is 0 Å². The van der Waals surface area contributed by atoms with Crippen molar-refractivity contribution < 1.29 is 37.3 Å². The number of carbonyl (C=O) groups is 2. The smallest absolute Gasteiger partial charge is 0.376 e. The molecule has 1 aromatic heterocycles. The van der Waals surface area contributed by atoms with E-state index in [2.05, 4.69) is 14.7 Å². The minimum Gasteiger partial charge on any atom is -0.493 e. The Morgan fingerprint density at radius 1 is 1.00 bits per heavy atom. The third-order valence-corrected chi connectivity index (χ3v) is 3.76. The van der Waals surface area contributed by atoms with Crippen molar-refractivity contribution in [1.29, 1.82) is 0 Å². The third-order valence-electron chi connectivity index (χ3n) is 3.76. The van der Waals surface area contributed by atoms with Gasteiger partial charge in [0.05, 0.1) is 25.1 Å². The molecule has 0 spiro atoms. The fourth-order valence-electron chi connectivity index (χ4n) is 2.55. The molecule has 1 heterocycles. The number of fused-ring (bicyclic) bond motifs is 1. The molecule has 0 radical (unpaired) electrons. The van der Waals surface area contributed by atoms with Gasteiger partial charge in [-0.2, -0.15) is 4.98 Å². The summed E-state index contributed by atoms with van der Waals surface area (Å²) < 4.78 is 48.6. The highest BCUT2D eigenvalue weighted by atomic mass is 19.1. The highest BCUT2D eigenvalue weighted by molar-refractivity contribution is 6.21. The van der Waals surface area contributed by atoms with Crippen LogP contribution in [0.4, 0.5) is 8.78 Å². The van der Waals surface area contributed by atoms with Gasteiger partial charge in [0.2, 0.25) is 17.9 Å². The van der Waals surface area contributed by atoms with Gasteiger partial charge >= 0.3 is 5.97 Å². The van der Waals surface area contributed by atoms with Gasteiger partial charge in [0.25, 0.3) is 0 Å². The summed E-state index contributed by atoms with van der Waals surface area (Å²) in [6.07, 6.45) is -0.208. The van der Waals surface area contributed by atoms with Crippen LogP contribution >= 0.6 is 0 Å². The van der Waals surface area contributed by atoms with Crippen LogP contribution in [0.1, 0.15) is 5.82 Å². The molecule has 0 aliphatic rings. The molecule has 0 N–H and O–H groups in total. The molecule has 3 aromatic rings. The van der Waals surface area contributed by atoms with Crippen LogP contribution in [0.15, 0.2) is 24.3 Å². The minimum absolute atomic E-state index is 0.0184. The maximum absolute atomic E-state index is 14.1. The van der Waals surface area contributed by atoms with E-state index in [0.717, 1.165) is 12.1 Å². The number of aldehydes is 1. The molecular weight excluding hydrogens is 390 g/mol. The number of hydrogen-bond acceptors (Lipinski definition) is 8. The summed E-state index contributed by atoms with van der Waals surface area (Å²) in [6.45, 7) is 1.62. The van der Waals surface area contributed by atoms with Crippen molar-refractivity contribution in [3.8, 4) is 28.9 Å². The van der Waals surface area contributed by atoms with E-state index in [-0.39, 0.29) is 17.9 Å². The predicted octanol–water partition coefficient (Wildman–Crippen LogP) is 3.13. The lowest BCUT2D eigenvalue weighted by atomic mass is 10.2. The first-order valence-electron chi connectivity index (χ1n) is 8.10. The molecule has 29 heavy (non-hydrogen) atoms. The fraction of sp³-hybridized carbons (Fsp3) is 0.158. The SMILES string of the molecule is COc1cc2nc(C)nc(Oc3cc(F)c(OC(=O)C=O)c(F)c3)c2cc1OC. The Hall–Kier alpha value is -3.82. The third kappa shape index (κ3) is 4.05. The number of esters is 1. The van der Waals surface area contributed by atoms with E-state index < -0.39 is 23.4 Å². The molecule has 0 aliphatic heterocycles. The quantitative estimate of drug-likeness (QED) is 0.268. The molecule has 3 rings (SSSR count). The lowest BCUT2D eigenvalue weighted by Gasteiger charge is -2.13. The molecule has 2 aromatic carbocycles. The van der Waals surface area contributed by atoms with E-state index in [0.29, 0.717) is 28.2 Å². The Morgan fingerprint density at radius 3 is 2.21 bits per heavy atom. The van der Waals surface area contributed by atoms with Gasteiger partial charge < -0.3 is 18.9 Å². The van der Waals surface area contributed by atoms with Gasteiger partial charge in [0, 0.05) is 18.2 Å². The van der Waals surface area contributed by atoms with Gasteiger partial charge in [-0.3, -0.25) is 4.79 Å². The second kappa shape index (κ2) is 8.05. The van der Waals surface area contributed by atoms with E-state index in [1.807, 2.05) is 0 Å². The van der Waals surface area contributed by atoms with Crippen molar-refractivity contribution in [3.63, 3.8) is 0 Å². The van der Waals surface area contributed by atoms with Crippen molar-refractivity contribution in [1.82, 2.24) is 9.97 Å². The number of nitrogens with zero attached hydrogens (tertiary/aromatic N) is 2. The first kappa shape index (κ1) is 19.9. The zero-order chi connectivity index (χ0) is 21.1. The van der Waals surface area contributed by atoms with Crippen LogP contribution < -0.4 is 18.9 Å². The highest BCUT2D eigenvalue weighted by Crippen LogP contribution is 2.37. The molecule has 0 unspecified atom stereocenters. The number of halogens is 2. The topological polar surface area (TPSA) is 96.8 Å². The molecule has 0 saturated heterocycles. The first-order chi connectivity index (χ1) is 13.9. The molecule has 0 aliphatic carbocycles. The summed E-state index contributed by atoms with van der Waals surface area (Å²) in [6, 6.07) is 4.76. The predicted molar refractivity (Wildman–Crippen MR) is 95.5 cm³/mol. The van der Waals surface area contributed by atoms with Crippen LogP contribution in [0.5, 0.6) is 28.9 Å². The Kier molecular flexibility index (Phi) is 5.53. The van der Waals surface area contributed by atoms with Crippen LogP contribution in [0, 0.1) is 18.6 Å². The lowest BCUT2D eigenvalue weighted by Crippen LogP contribution is -2.11. The number of hydrogen-bond donors (Lipinski definition) is 0. The Bertz CT molecular complexity index is 1100. The van der Waals surface area contributed by atoms with E-state index in [1.54, 1.807) is 19.1 Å². The van der Waals surface area contributed by atoms with Crippen LogP contribution in [0.2, 0.25) is 0 Å². The number of rotatable bonds is 6. The largest absolute Gasteiger partial charge is 0.493 e. The average Bonchev–Trinajstić information content (AvgIpc) is 2.69. The minimum atomic E-state index is -1.44. The molecule has 10 heteroatoms. The van der Waals surface area contributed by atoms with Crippen molar-refractivity contribution in [2.24, 2.45) is 0 Å². The van der Waals surface area contributed by atoms with Gasteiger partial charge in [0.1, 0.15) is 11.6 Å². The number of aryl methyl sites for hydroxylation is 1. The van der Waals surface area contributed by atoms with Gasteiger partial charge in [0.15, 0.2) is 23.1 Å². The van der Waals surface area contributed by atoms with Crippen LogP contribution in [-0.4, -0.2) is 36.4 Å². The monoisotopic (exact) mass is 404 g/mol. The maximum Gasteiger partial charge on any atom is 0.376 e. The summed E-state index contributed by atoms with van der Waals surface area (Å²) in [5.41, 5.74) is 0.461. The zero-order valence-electron chi connectivity index (χ0n) is 15.5. The lowest BCUT2D eigenvalue weighted by molar-refractivity contribution is -0.141.